The third-order valence-electron chi connectivity index (χ3n) is 4.67. The summed E-state index contributed by atoms with van der Waals surface area (Å²) in [6.45, 7) is 2.75. The zero-order valence-corrected chi connectivity index (χ0v) is 15.1. The molecule has 24 heavy (non-hydrogen) atoms. The molecule has 1 saturated carbocycles. The first kappa shape index (κ1) is 17.3. The molecule has 2 unspecified atom stereocenters. The zero-order chi connectivity index (χ0) is 16.9. The van der Waals surface area contributed by atoms with E-state index in [1.54, 1.807) is 11.8 Å². The molecule has 3 rings (SSSR count). The van der Waals surface area contributed by atoms with Crippen LogP contribution in [0.1, 0.15) is 38.2 Å². The van der Waals surface area contributed by atoms with Gasteiger partial charge in [0.15, 0.2) is 0 Å². The van der Waals surface area contributed by atoms with Gasteiger partial charge < -0.3 is 10.2 Å². The molecular weight excluding hydrogens is 320 g/mol. The number of amides is 2. The van der Waals surface area contributed by atoms with Gasteiger partial charge in [-0.1, -0.05) is 43.7 Å². The van der Waals surface area contributed by atoms with Crippen molar-refractivity contribution in [3.8, 4) is 0 Å². The summed E-state index contributed by atoms with van der Waals surface area (Å²) >= 11 is 1.76. The average Bonchev–Trinajstić information content (AvgIpc) is 3.36. The highest BCUT2D eigenvalue weighted by Crippen LogP contribution is 2.39. The maximum absolute atomic E-state index is 12.6. The largest absolute Gasteiger partial charge is 0.354 e. The lowest BCUT2D eigenvalue weighted by Gasteiger charge is -2.29. The Labute approximate surface area is 148 Å². The number of hydrogen-bond acceptors (Lipinski definition) is 3. The summed E-state index contributed by atoms with van der Waals surface area (Å²) in [5, 5.41) is 3.21. The van der Waals surface area contributed by atoms with Crippen molar-refractivity contribution < 1.29 is 9.59 Å². The molecule has 2 fully saturated rings. The molecule has 0 radical (unpaired) electrons. The highest BCUT2D eigenvalue weighted by Gasteiger charge is 2.45. The normalized spacial score (nSPS) is 23.3. The van der Waals surface area contributed by atoms with Crippen molar-refractivity contribution in [1.82, 2.24) is 10.2 Å². The highest BCUT2D eigenvalue weighted by molar-refractivity contribution is 8.00. The summed E-state index contributed by atoms with van der Waals surface area (Å²) in [7, 11) is 0. The van der Waals surface area contributed by atoms with E-state index >= 15 is 0 Å². The van der Waals surface area contributed by atoms with Gasteiger partial charge in [0, 0.05) is 18.2 Å². The molecular formula is C19H26N2O2S. The monoisotopic (exact) mass is 346 g/mol. The molecule has 5 heteroatoms. The Bertz CT molecular complexity index is 574. The van der Waals surface area contributed by atoms with Crippen LogP contribution in [0.2, 0.25) is 0 Å². The lowest BCUT2D eigenvalue weighted by atomic mass is 10.1. The number of benzene rings is 1. The standard InChI is InChI=1S/C19H26N2O2S/c1-2-6-17-21(19(23)15-9-10-15)16(13-24-17)18(22)20-12-11-14-7-4-3-5-8-14/h3-5,7-8,15-17H,2,6,9-13H2,1H3,(H,20,22). The molecule has 1 aromatic carbocycles. The Morgan fingerprint density at radius 2 is 2.00 bits per heavy atom. The van der Waals surface area contributed by atoms with Gasteiger partial charge in [-0.25, -0.2) is 0 Å². The second-order valence-corrected chi connectivity index (χ2v) is 7.85. The molecule has 2 atom stereocenters. The van der Waals surface area contributed by atoms with E-state index in [0.29, 0.717) is 6.54 Å². The summed E-state index contributed by atoms with van der Waals surface area (Å²) in [5.74, 6) is 1.09. The van der Waals surface area contributed by atoms with Gasteiger partial charge in [0.05, 0.1) is 5.37 Å². The van der Waals surface area contributed by atoms with E-state index in [4.69, 9.17) is 0 Å². The predicted molar refractivity (Wildman–Crippen MR) is 97.7 cm³/mol. The summed E-state index contributed by atoms with van der Waals surface area (Å²) in [4.78, 5) is 27.2. The van der Waals surface area contributed by atoms with Crippen molar-refractivity contribution >= 4 is 23.6 Å². The lowest BCUT2D eigenvalue weighted by Crippen LogP contribution is -2.50. The third-order valence-corrected chi connectivity index (χ3v) is 6.02. The Hall–Kier alpha value is -1.49. The van der Waals surface area contributed by atoms with Crippen LogP contribution in [0.5, 0.6) is 0 Å². The molecule has 4 nitrogen and oxygen atoms in total. The minimum Gasteiger partial charge on any atom is -0.354 e. The Morgan fingerprint density at radius 1 is 1.25 bits per heavy atom. The van der Waals surface area contributed by atoms with Crippen LogP contribution in [0.25, 0.3) is 0 Å². The second kappa shape index (κ2) is 8.06. The Morgan fingerprint density at radius 3 is 2.67 bits per heavy atom. The first-order valence-corrected chi connectivity index (χ1v) is 10.0. The molecule has 1 aromatic rings. The van der Waals surface area contributed by atoms with Crippen LogP contribution in [0, 0.1) is 5.92 Å². The van der Waals surface area contributed by atoms with Gasteiger partial charge >= 0.3 is 0 Å². The van der Waals surface area contributed by atoms with Crippen LogP contribution in [0.3, 0.4) is 0 Å². The predicted octanol–water partition coefficient (Wildman–Crippen LogP) is 2.83. The van der Waals surface area contributed by atoms with Gasteiger partial charge in [-0.05, 0) is 31.2 Å². The minimum absolute atomic E-state index is 0.00559. The first-order chi connectivity index (χ1) is 11.7. The smallest absolute Gasteiger partial charge is 0.243 e. The molecule has 1 saturated heterocycles. The van der Waals surface area contributed by atoms with Crippen molar-refractivity contribution in [2.24, 2.45) is 5.92 Å². The Balaban J connectivity index is 1.56. The molecule has 0 spiro atoms. The van der Waals surface area contributed by atoms with Crippen LogP contribution in [-0.4, -0.2) is 40.4 Å². The first-order valence-electron chi connectivity index (χ1n) is 8.96. The number of hydrogen-bond donors (Lipinski definition) is 1. The highest BCUT2D eigenvalue weighted by atomic mass is 32.2. The SMILES string of the molecule is CCCC1SCC(C(=O)NCCc2ccccc2)N1C(=O)C1CC1. The number of nitrogens with zero attached hydrogens (tertiary/aromatic N) is 1. The molecule has 130 valence electrons. The molecule has 1 N–H and O–H groups in total. The van der Waals surface area contributed by atoms with Crippen LogP contribution < -0.4 is 5.32 Å². The van der Waals surface area contributed by atoms with Crippen molar-refractivity contribution in [3.63, 3.8) is 0 Å². The summed E-state index contributed by atoms with van der Waals surface area (Å²) in [5.41, 5.74) is 1.22. The summed E-state index contributed by atoms with van der Waals surface area (Å²) in [6.07, 6.45) is 4.80. The number of thioether (sulfide) groups is 1. The van der Waals surface area contributed by atoms with Crippen molar-refractivity contribution in [1.29, 1.82) is 0 Å². The van der Waals surface area contributed by atoms with Gasteiger partial charge in [0.2, 0.25) is 11.8 Å². The third kappa shape index (κ3) is 4.12. The minimum atomic E-state index is -0.296. The van der Waals surface area contributed by atoms with E-state index in [0.717, 1.165) is 37.9 Å². The number of carbonyl (C=O) groups excluding carboxylic acids is 2. The number of rotatable bonds is 7. The quantitative estimate of drug-likeness (QED) is 0.826. The molecule has 0 bridgehead atoms. The van der Waals surface area contributed by atoms with Crippen LogP contribution >= 0.6 is 11.8 Å². The molecule has 2 aliphatic rings. The van der Waals surface area contributed by atoms with Crippen LogP contribution in [0.15, 0.2) is 30.3 Å². The molecule has 1 aliphatic carbocycles. The topological polar surface area (TPSA) is 49.4 Å². The molecule has 2 amide bonds. The van der Waals surface area contributed by atoms with E-state index in [2.05, 4.69) is 24.4 Å². The van der Waals surface area contributed by atoms with Crippen molar-refractivity contribution in [2.45, 2.75) is 50.4 Å². The zero-order valence-electron chi connectivity index (χ0n) is 14.2. The number of nitrogens with one attached hydrogen (secondary N) is 1. The van der Waals surface area contributed by atoms with E-state index < -0.39 is 0 Å². The van der Waals surface area contributed by atoms with Crippen LogP contribution in [-0.2, 0) is 16.0 Å². The summed E-state index contributed by atoms with van der Waals surface area (Å²) < 4.78 is 0. The fourth-order valence-corrected chi connectivity index (χ4v) is 4.69. The van der Waals surface area contributed by atoms with Gasteiger partial charge in [-0.3, -0.25) is 9.59 Å². The van der Waals surface area contributed by atoms with Gasteiger partial charge in [-0.15, -0.1) is 11.8 Å². The van der Waals surface area contributed by atoms with E-state index in [1.165, 1.54) is 5.56 Å². The Kier molecular flexibility index (Phi) is 5.82. The summed E-state index contributed by atoms with van der Waals surface area (Å²) in [6, 6.07) is 9.85. The lowest BCUT2D eigenvalue weighted by molar-refractivity contribution is -0.140. The van der Waals surface area contributed by atoms with Crippen molar-refractivity contribution in [3.05, 3.63) is 35.9 Å². The van der Waals surface area contributed by atoms with Gasteiger partial charge in [0.1, 0.15) is 6.04 Å². The average molecular weight is 346 g/mol. The fraction of sp³-hybridized carbons (Fsp3) is 0.579. The molecule has 1 heterocycles. The second-order valence-electron chi connectivity index (χ2n) is 6.64. The van der Waals surface area contributed by atoms with E-state index in [-0.39, 0.29) is 29.1 Å². The van der Waals surface area contributed by atoms with Crippen molar-refractivity contribution in [2.75, 3.05) is 12.3 Å². The maximum Gasteiger partial charge on any atom is 0.243 e. The fourth-order valence-electron chi connectivity index (χ4n) is 3.16. The van der Waals surface area contributed by atoms with E-state index in [1.807, 2.05) is 23.1 Å². The van der Waals surface area contributed by atoms with E-state index in [9.17, 15) is 9.59 Å². The maximum atomic E-state index is 12.6. The number of carbonyl (C=O) groups is 2. The molecule has 0 aromatic heterocycles. The molecule has 1 aliphatic heterocycles. The van der Waals surface area contributed by atoms with Gasteiger partial charge in [0.25, 0.3) is 0 Å². The van der Waals surface area contributed by atoms with Crippen LogP contribution in [0.4, 0.5) is 0 Å². The van der Waals surface area contributed by atoms with Gasteiger partial charge in [-0.2, -0.15) is 0 Å².